The summed E-state index contributed by atoms with van der Waals surface area (Å²) in [5.74, 6) is 0. The van der Waals surface area contributed by atoms with Gasteiger partial charge < -0.3 is 9.42 Å². The SMILES string of the molecule is C=P(C)(O)OCCC. The molecule has 8 heavy (non-hydrogen) atoms. The van der Waals surface area contributed by atoms with Gasteiger partial charge in [-0.25, -0.2) is 0 Å². The van der Waals surface area contributed by atoms with Gasteiger partial charge >= 0.3 is 0 Å². The Morgan fingerprint density at radius 3 is 2.38 bits per heavy atom. The molecule has 0 radical (unpaired) electrons. The first-order chi connectivity index (χ1) is 3.56. The molecule has 0 aromatic carbocycles. The van der Waals surface area contributed by atoms with Gasteiger partial charge in [0.1, 0.15) is 7.34 Å². The first kappa shape index (κ1) is 8.22. The fraction of sp³-hybridized carbons (Fsp3) is 0.800. The fourth-order valence-corrected chi connectivity index (χ4v) is 0.864. The summed E-state index contributed by atoms with van der Waals surface area (Å²) in [5.41, 5.74) is 0. The zero-order valence-electron chi connectivity index (χ0n) is 5.42. The molecule has 1 N–H and O–H groups in total. The lowest BCUT2D eigenvalue weighted by Crippen LogP contribution is -1.88. The van der Waals surface area contributed by atoms with Crippen molar-refractivity contribution in [2.45, 2.75) is 13.3 Å². The second kappa shape index (κ2) is 3.29. The van der Waals surface area contributed by atoms with E-state index in [4.69, 9.17) is 9.42 Å². The predicted molar refractivity (Wildman–Crippen MR) is 38.4 cm³/mol. The Balaban J connectivity index is 3.26. The van der Waals surface area contributed by atoms with E-state index in [9.17, 15) is 0 Å². The van der Waals surface area contributed by atoms with Crippen LogP contribution in [0.5, 0.6) is 0 Å². The maximum absolute atomic E-state index is 8.93. The third-order valence-electron chi connectivity index (χ3n) is 0.574. The van der Waals surface area contributed by atoms with Crippen LogP contribution in [-0.4, -0.2) is 24.5 Å². The zero-order chi connectivity index (χ0) is 6.62. The van der Waals surface area contributed by atoms with E-state index in [1.807, 2.05) is 6.92 Å². The van der Waals surface area contributed by atoms with Crippen molar-refractivity contribution in [1.29, 1.82) is 0 Å². The average Bonchev–Trinajstić information content (AvgIpc) is 1.59. The first-order valence-electron chi connectivity index (χ1n) is 2.64. The molecule has 0 amide bonds. The largest absolute Gasteiger partial charge is 0.353 e. The molecule has 1 unspecified atom stereocenters. The summed E-state index contributed by atoms with van der Waals surface area (Å²) < 4.78 is 4.93. The number of hydrogen-bond acceptors (Lipinski definition) is 2. The Hall–Kier alpha value is 0.220. The van der Waals surface area contributed by atoms with Gasteiger partial charge in [0.25, 0.3) is 0 Å². The Bertz CT molecular complexity index is 94.6. The van der Waals surface area contributed by atoms with Crippen molar-refractivity contribution in [3.8, 4) is 0 Å². The lowest BCUT2D eigenvalue weighted by Gasteiger charge is -2.09. The minimum Gasteiger partial charge on any atom is -0.353 e. The van der Waals surface area contributed by atoms with E-state index < -0.39 is 7.34 Å². The molecule has 0 rings (SSSR count). The van der Waals surface area contributed by atoms with E-state index >= 15 is 0 Å². The summed E-state index contributed by atoms with van der Waals surface area (Å²) in [4.78, 5) is 8.93. The quantitative estimate of drug-likeness (QED) is 0.593. The van der Waals surface area contributed by atoms with Crippen molar-refractivity contribution in [2.75, 3.05) is 13.3 Å². The molecule has 0 aliphatic heterocycles. The van der Waals surface area contributed by atoms with Gasteiger partial charge in [0.2, 0.25) is 0 Å². The second-order valence-electron chi connectivity index (χ2n) is 1.88. The zero-order valence-corrected chi connectivity index (χ0v) is 6.32. The van der Waals surface area contributed by atoms with Crippen molar-refractivity contribution >= 4 is 13.6 Å². The maximum atomic E-state index is 8.93. The standard InChI is InChI=1S/C5H13O2P/c1-4-5-7-8(2,3)6/h6H,2,4-5H2,1,3H3. The summed E-state index contributed by atoms with van der Waals surface area (Å²) in [6.07, 6.45) is 4.39. The Morgan fingerprint density at radius 2 is 2.25 bits per heavy atom. The predicted octanol–water partition coefficient (Wildman–Crippen LogP) is 1.31. The molecule has 0 saturated heterocycles. The minimum absolute atomic E-state index is 0.615. The van der Waals surface area contributed by atoms with Crippen LogP contribution in [0.25, 0.3) is 0 Å². The lowest BCUT2D eigenvalue weighted by molar-refractivity contribution is 0.310. The molecule has 0 aliphatic carbocycles. The van der Waals surface area contributed by atoms with Crippen LogP contribution in [0.1, 0.15) is 13.3 Å². The molecule has 0 spiro atoms. The van der Waals surface area contributed by atoms with Crippen molar-refractivity contribution in [2.24, 2.45) is 0 Å². The minimum atomic E-state index is -2.18. The maximum Gasteiger partial charge on any atom is 0.111 e. The molecular weight excluding hydrogens is 123 g/mol. The van der Waals surface area contributed by atoms with Gasteiger partial charge in [0.15, 0.2) is 0 Å². The molecule has 0 aromatic rings. The number of hydrogen-bond donors (Lipinski definition) is 1. The summed E-state index contributed by atoms with van der Waals surface area (Å²) >= 11 is 0. The summed E-state index contributed by atoms with van der Waals surface area (Å²) in [6, 6.07) is 0. The van der Waals surface area contributed by atoms with Gasteiger partial charge in [-0.2, -0.15) is 0 Å². The van der Waals surface area contributed by atoms with Crippen LogP contribution in [0.2, 0.25) is 0 Å². The van der Waals surface area contributed by atoms with Gasteiger partial charge in [-0.1, -0.05) is 13.2 Å². The highest BCUT2D eigenvalue weighted by Crippen LogP contribution is 2.35. The van der Waals surface area contributed by atoms with Gasteiger partial charge in [-0.05, 0) is 6.42 Å². The average molecular weight is 136 g/mol. The van der Waals surface area contributed by atoms with Gasteiger partial charge in [0, 0.05) is 6.66 Å². The van der Waals surface area contributed by atoms with E-state index in [1.54, 1.807) is 6.66 Å². The third-order valence-corrected chi connectivity index (χ3v) is 1.31. The van der Waals surface area contributed by atoms with Crippen LogP contribution in [0.15, 0.2) is 0 Å². The fourth-order valence-electron chi connectivity index (χ4n) is 0.288. The molecule has 50 valence electrons. The highest BCUT2D eigenvalue weighted by molar-refractivity contribution is 7.62. The monoisotopic (exact) mass is 136 g/mol. The van der Waals surface area contributed by atoms with Gasteiger partial charge in [-0.3, -0.25) is 0 Å². The lowest BCUT2D eigenvalue weighted by atomic mass is 10.5. The normalized spacial score (nSPS) is 17.9. The molecule has 0 bridgehead atoms. The molecule has 2 nitrogen and oxygen atoms in total. The molecule has 3 heteroatoms. The number of rotatable bonds is 3. The highest BCUT2D eigenvalue weighted by atomic mass is 31.2. The first-order valence-corrected chi connectivity index (χ1v) is 4.93. The van der Waals surface area contributed by atoms with Crippen molar-refractivity contribution in [3.05, 3.63) is 0 Å². The van der Waals surface area contributed by atoms with E-state index in [0.717, 1.165) is 6.42 Å². The molecule has 0 fully saturated rings. The Morgan fingerprint density at radius 1 is 1.75 bits per heavy atom. The van der Waals surface area contributed by atoms with E-state index in [1.165, 1.54) is 0 Å². The highest BCUT2D eigenvalue weighted by Gasteiger charge is 1.97. The Labute approximate surface area is 50.6 Å². The smallest absolute Gasteiger partial charge is 0.111 e. The molecule has 0 saturated carbocycles. The molecule has 0 aromatic heterocycles. The van der Waals surface area contributed by atoms with Gasteiger partial charge in [-0.15, -0.1) is 0 Å². The molecule has 0 aliphatic rings. The third kappa shape index (κ3) is 6.22. The summed E-state index contributed by atoms with van der Waals surface area (Å²) in [5, 5.41) is 0. The van der Waals surface area contributed by atoms with Crippen LogP contribution in [0.3, 0.4) is 0 Å². The van der Waals surface area contributed by atoms with Gasteiger partial charge in [0.05, 0.1) is 6.61 Å². The van der Waals surface area contributed by atoms with Crippen molar-refractivity contribution in [3.63, 3.8) is 0 Å². The van der Waals surface area contributed by atoms with E-state index in [2.05, 4.69) is 6.30 Å². The summed E-state index contributed by atoms with van der Waals surface area (Å²) in [7, 11) is -2.18. The second-order valence-corrected chi connectivity index (χ2v) is 4.24. The van der Waals surface area contributed by atoms with Crippen LogP contribution in [-0.2, 0) is 4.52 Å². The Kier molecular flexibility index (Phi) is 3.38. The molecular formula is C5H13O2P. The van der Waals surface area contributed by atoms with E-state index in [0.29, 0.717) is 6.61 Å². The van der Waals surface area contributed by atoms with Crippen LogP contribution in [0, 0.1) is 0 Å². The van der Waals surface area contributed by atoms with Crippen molar-refractivity contribution in [1.82, 2.24) is 0 Å². The summed E-state index contributed by atoms with van der Waals surface area (Å²) in [6.45, 7) is 4.24. The van der Waals surface area contributed by atoms with Crippen LogP contribution >= 0.6 is 7.34 Å². The van der Waals surface area contributed by atoms with Crippen molar-refractivity contribution < 1.29 is 9.42 Å². The van der Waals surface area contributed by atoms with E-state index in [-0.39, 0.29) is 0 Å². The molecule has 0 heterocycles. The van der Waals surface area contributed by atoms with Crippen LogP contribution in [0.4, 0.5) is 0 Å². The topological polar surface area (TPSA) is 29.5 Å². The molecule has 1 atom stereocenters. The van der Waals surface area contributed by atoms with Crippen LogP contribution < -0.4 is 0 Å².